The summed E-state index contributed by atoms with van der Waals surface area (Å²) in [7, 11) is 1.32. The van der Waals surface area contributed by atoms with Gasteiger partial charge >= 0.3 is 5.97 Å². The van der Waals surface area contributed by atoms with E-state index in [-0.39, 0.29) is 18.2 Å². The number of halogens is 1. The van der Waals surface area contributed by atoms with E-state index in [9.17, 15) is 9.59 Å². The zero-order valence-electron chi connectivity index (χ0n) is 14.7. The number of nitrogens with one attached hydrogen (secondary N) is 1. The van der Waals surface area contributed by atoms with Crippen LogP contribution in [0.2, 0.25) is 5.02 Å². The second-order valence-electron chi connectivity index (χ2n) is 6.14. The third-order valence-corrected chi connectivity index (χ3v) is 3.90. The third-order valence-electron chi connectivity index (χ3n) is 3.47. The Kier molecular flexibility index (Phi) is 8.61. The standard InChI is InChI=1S/C18H26ClNO4/c1-12(2)10-16(18(22)23-4)20-17(21)6-5-9-24-14-7-8-15(19)13(3)11-14/h7-8,11-12,16H,5-6,9-10H2,1-4H3,(H,20,21). The molecule has 0 aliphatic heterocycles. The number of methoxy groups -OCH3 is 1. The van der Waals surface area contributed by atoms with Gasteiger partial charge in [0, 0.05) is 11.4 Å². The lowest BCUT2D eigenvalue weighted by Gasteiger charge is -2.18. The molecule has 0 spiro atoms. The van der Waals surface area contributed by atoms with Gasteiger partial charge in [0.1, 0.15) is 11.8 Å². The molecule has 1 aromatic rings. The van der Waals surface area contributed by atoms with Crippen molar-refractivity contribution < 1.29 is 19.1 Å². The average molecular weight is 356 g/mol. The summed E-state index contributed by atoms with van der Waals surface area (Å²) in [5, 5.41) is 3.42. The first-order chi connectivity index (χ1) is 11.3. The minimum absolute atomic E-state index is 0.179. The Morgan fingerprint density at radius 3 is 2.58 bits per heavy atom. The maximum absolute atomic E-state index is 12.0. The first kappa shape index (κ1) is 20.3. The van der Waals surface area contributed by atoms with E-state index in [1.54, 1.807) is 12.1 Å². The van der Waals surface area contributed by atoms with Gasteiger partial charge in [-0.25, -0.2) is 4.79 Å². The van der Waals surface area contributed by atoms with Crippen LogP contribution >= 0.6 is 11.6 Å². The Bertz CT molecular complexity index is 560. The van der Waals surface area contributed by atoms with E-state index < -0.39 is 12.0 Å². The SMILES string of the molecule is COC(=O)C(CC(C)C)NC(=O)CCCOc1ccc(Cl)c(C)c1. The molecule has 0 aliphatic carbocycles. The van der Waals surface area contributed by atoms with Crippen molar-refractivity contribution in [3.63, 3.8) is 0 Å². The summed E-state index contributed by atoms with van der Waals surface area (Å²) in [6, 6.07) is 4.84. The topological polar surface area (TPSA) is 64.6 Å². The number of hydrogen-bond acceptors (Lipinski definition) is 4. The summed E-state index contributed by atoms with van der Waals surface area (Å²) < 4.78 is 10.3. The third kappa shape index (κ3) is 7.21. The van der Waals surface area contributed by atoms with Crippen LogP contribution < -0.4 is 10.1 Å². The second-order valence-corrected chi connectivity index (χ2v) is 6.54. The molecule has 6 heteroatoms. The Labute approximate surface area is 148 Å². The van der Waals surface area contributed by atoms with Crippen LogP contribution in [0.4, 0.5) is 0 Å². The van der Waals surface area contributed by atoms with Crippen molar-refractivity contribution in [2.45, 2.75) is 46.1 Å². The molecule has 1 atom stereocenters. The van der Waals surface area contributed by atoms with Crippen LogP contribution in [-0.2, 0) is 14.3 Å². The van der Waals surface area contributed by atoms with Gasteiger partial charge in [0.15, 0.2) is 0 Å². The van der Waals surface area contributed by atoms with Crippen LogP contribution in [0.15, 0.2) is 18.2 Å². The van der Waals surface area contributed by atoms with Gasteiger partial charge in [-0.1, -0.05) is 25.4 Å². The zero-order chi connectivity index (χ0) is 18.1. The largest absolute Gasteiger partial charge is 0.494 e. The minimum Gasteiger partial charge on any atom is -0.494 e. The van der Waals surface area contributed by atoms with E-state index >= 15 is 0 Å². The number of rotatable bonds is 9. The number of amides is 1. The van der Waals surface area contributed by atoms with E-state index in [4.69, 9.17) is 21.1 Å². The molecule has 0 radical (unpaired) electrons. The normalized spacial score (nSPS) is 11.9. The second kappa shape index (κ2) is 10.2. The summed E-state index contributed by atoms with van der Waals surface area (Å²) in [5.74, 6) is 0.419. The molecule has 0 bridgehead atoms. The van der Waals surface area contributed by atoms with Crippen molar-refractivity contribution in [1.82, 2.24) is 5.32 Å². The van der Waals surface area contributed by atoms with Crippen LogP contribution in [0.5, 0.6) is 5.75 Å². The Balaban J connectivity index is 2.36. The molecule has 1 unspecified atom stereocenters. The highest BCUT2D eigenvalue weighted by atomic mass is 35.5. The number of ether oxygens (including phenoxy) is 2. The molecule has 1 aromatic carbocycles. The predicted octanol–water partition coefficient (Wildman–Crippen LogP) is 3.51. The molecular weight excluding hydrogens is 330 g/mol. The summed E-state index contributed by atoms with van der Waals surface area (Å²) in [4.78, 5) is 23.7. The Morgan fingerprint density at radius 1 is 1.29 bits per heavy atom. The van der Waals surface area contributed by atoms with Gasteiger partial charge in [-0.05, 0) is 49.4 Å². The molecule has 0 heterocycles. The van der Waals surface area contributed by atoms with Crippen LogP contribution in [0.25, 0.3) is 0 Å². The lowest BCUT2D eigenvalue weighted by atomic mass is 10.0. The molecule has 0 aliphatic rings. The van der Waals surface area contributed by atoms with E-state index in [0.717, 1.165) is 11.3 Å². The van der Waals surface area contributed by atoms with Gasteiger partial charge in [0.25, 0.3) is 0 Å². The predicted molar refractivity (Wildman–Crippen MR) is 94.3 cm³/mol. The lowest BCUT2D eigenvalue weighted by molar-refractivity contribution is -0.145. The number of carbonyl (C=O) groups is 2. The minimum atomic E-state index is -0.595. The smallest absolute Gasteiger partial charge is 0.328 e. The molecule has 5 nitrogen and oxygen atoms in total. The highest BCUT2D eigenvalue weighted by molar-refractivity contribution is 6.31. The Hall–Kier alpha value is -1.75. The molecular formula is C18H26ClNO4. The van der Waals surface area contributed by atoms with Crippen molar-refractivity contribution in [3.05, 3.63) is 28.8 Å². The van der Waals surface area contributed by atoms with E-state index in [1.807, 2.05) is 26.8 Å². The van der Waals surface area contributed by atoms with Crippen molar-refractivity contribution in [3.8, 4) is 5.75 Å². The summed E-state index contributed by atoms with van der Waals surface area (Å²) in [5.41, 5.74) is 0.946. The van der Waals surface area contributed by atoms with Gasteiger partial charge in [-0.2, -0.15) is 0 Å². The van der Waals surface area contributed by atoms with Gasteiger partial charge in [-0.15, -0.1) is 0 Å². The molecule has 1 rings (SSSR count). The first-order valence-electron chi connectivity index (χ1n) is 8.09. The van der Waals surface area contributed by atoms with E-state index in [1.165, 1.54) is 7.11 Å². The van der Waals surface area contributed by atoms with Gasteiger partial charge in [0.05, 0.1) is 13.7 Å². The fourth-order valence-electron chi connectivity index (χ4n) is 2.22. The van der Waals surface area contributed by atoms with Crippen LogP contribution in [0.3, 0.4) is 0 Å². The summed E-state index contributed by atoms with van der Waals surface area (Å²) in [6.07, 6.45) is 1.40. The maximum Gasteiger partial charge on any atom is 0.328 e. The van der Waals surface area contributed by atoms with E-state index in [2.05, 4.69) is 5.32 Å². The quantitative estimate of drug-likeness (QED) is 0.543. The molecule has 134 valence electrons. The molecule has 24 heavy (non-hydrogen) atoms. The fourth-order valence-corrected chi connectivity index (χ4v) is 2.34. The van der Waals surface area contributed by atoms with Gasteiger partial charge in [0.2, 0.25) is 5.91 Å². The molecule has 1 N–H and O–H groups in total. The van der Waals surface area contributed by atoms with Gasteiger partial charge < -0.3 is 14.8 Å². The number of aryl methyl sites for hydroxylation is 1. The number of benzene rings is 1. The summed E-state index contributed by atoms with van der Waals surface area (Å²) >= 11 is 5.96. The van der Waals surface area contributed by atoms with E-state index in [0.29, 0.717) is 24.5 Å². The molecule has 0 aromatic heterocycles. The fraction of sp³-hybridized carbons (Fsp3) is 0.556. The molecule has 1 amide bonds. The maximum atomic E-state index is 12.0. The Morgan fingerprint density at radius 2 is 2.00 bits per heavy atom. The number of carbonyl (C=O) groups excluding carboxylic acids is 2. The van der Waals surface area contributed by atoms with Crippen LogP contribution in [0, 0.1) is 12.8 Å². The van der Waals surface area contributed by atoms with Crippen molar-refractivity contribution in [2.24, 2.45) is 5.92 Å². The van der Waals surface area contributed by atoms with Crippen molar-refractivity contribution in [1.29, 1.82) is 0 Å². The monoisotopic (exact) mass is 355 g/mol. The zero-order valence-corrected chi connectivity index (χ0v) is 15.5. The number of esters is 1. The van der Waals surface area contributed by atoms with Gasteiger partial charge in [-0.3, -0.25) is 4.79 Å². The summed E-state index contributed by atoms with van der Waals surface area (Å²) in [6.45, 7) is 6.31. The first-order valence-corrected chi connectivity index (χ1v) is 8.47. The molecule has 0 saturated carbocycles. The van der Waals surface area contributed by atoms with Crippen LogP contribution in [0.1, 0.15) is 38.7 Å². The van der Waals surface area contributed by atoms with Crippen molar-refractivity contribution in [2.75, 3.05) is 13.7 Å². The molecule has 0 saturated heterocycles. The highest BCUT2D eigenvalue weighted by Gasteiger charge is 2.22. The van der Waals surface area contributed by atoms with Crippen LogP contribution in [-0.4, -0.2) is 31.6 Å². The number of hydrogen-bond donors (Lipinski definition) is 1. The average Bonchev–Trinajstić information content (AvgIpc) is 2.53. The molecule has 0 fully saturated rings. The highest BCUT2D eigenvalue weighted by Crippen LogP contribution is 2.21. The lowest BCUT2D eigenvalue weighted by Crippen LogP contribution is -2.42. The van der Waals surface area contributed by atoms with Crippen molar-refractivity contribution >= 4 is 23.5 Å².